The van der Waals surface area contributed by atoms with Crippen LogP contribution in [0.25, 0.3) is 0 Å². The normalized spacial score (nSPS) is 12.3. The number of amides is 4. The van der Waals surface area contributed by atoms with Crippen molar-refractivity contribution >= 4 is 29.3 Å². The van der Waals surface area contributed by atoms with E-state index in [-0.39, 0.29) is 19.5 Å². The lowest BCUT2D eigenvalue weighted by molar-refractivity contribution is -0.121. The Morgan fingerprint density at radius 3 is 2.29 bits per heavy atom. The summed E-state index contributed by atoms with van der Waals surface area (Å²) in [7, 11) is 0. The van der Waals surface area contributed by atoms with Crippen LogP contribution in [0.5, 0.6) is 0 Å². The summed E-state index contributed by atoms with van der Waals surface area (Å²) in [6.45, 7) is -0.213. The Labute approximate surface area is 160 Å². The molecule has 1 aliphatic rings. The van der Waals surface area contributed by atoms with E-state index in [1.54, 1.807) is 54.6 Å². The molecule has 0 aromatic heterocycles. The Kier molecular flexibility index (Phi) is 5.46. The van der Waals surface area contributed by atoms with Gasteiger partial charge < -0.3 is 10.6 Å². The summed E-state index contributed by atoms with van der Waals surface area (Å²) in [5.74, 6) is -1.88. The largest absolute Gasteiger partial charge is 0.350 e. The van der Waals surface area contributed by atoms with Gasteiger partial charge in [0, 0.05) is 12.2 Å². The van der Waals surface area contributed by atoms with Crippen LogP contribution < -0.4 is 10.6 Å². The van der Waals surface area contributed by atoms with Gasteiger partial charge in [-0.05, 0) is 29.8 Å². The minimum absolute atomic E-state index is 0.157. The molecule has 0 saturated heterocycles. The monoisotopic (exact) mass is 376 g/mol. The van der Waals surface area contributed by atoms with Crippen molar-refractivity contribution in [3.63, 3.8) is 0 Å². The molecule has 2 N–H and O–H groups in total. The highest BCUT2D eigenvalue weighted by Crippen LogP contribution is 2.21. The fraction of sp³-hybridized carbons (Fsp3) is 0.150. The van der Waals surface area contributed by atoms with Crippen molar-refractivity contribution in [2.45, 2.75) is 13.0 Å². The second kappa shape index (κ2) is 8.14. The zero-order valence-corrected chi connectivity index (χ0v) is 14.8. The van der Waals surface area contributed by atoms with Gasteiger partial charge in [-0.3, -0.25) is 24.1 Å². The Bertz CT molecular complexity index is 974. The number of hydrogen-bond acceptors (Lipinski definition) is 5. The summed E-state index contributed by atoms with van der Waals surface area (Å²) in [5, 5.41) is 13.7. The van der Waals surface area contributed by atoms with Crippen LogP contribution in [0.15, 0.2) is 48.5 Å². The Morgan fingerprint density at radius 1 is 0.964 bits per heavy atom. The molecular weight excluding hydrogens is 360 g/mol. The molecule has 140 valence electrons. The van der Waals surface area contributed by atoms with E-state index in [9.17, 15) is 19.2 Å². The van der Waals surface area contributed by atoms with Gasteiger partial charge in [0.2, 0.25) is 11.8 Å². The highest BCUT2D eigenvalue weighted by Gasteiger charge is 2.36. The Hall–Kier alpha value is -3.99. The van der Waals surface area contributed by atoms with Crippen LogP contribution in [-0.2, 0) is 16.1 Å². The number of anilines is 1. The first kappa shape index (κ1) is 18.8. The van der Waals surface area contributed by atoms with E-state index in [1.807, 2.05) is 0 Å². The summed E-state index contributed by atoms with van der Waals surface area (Å²) < 4.78 is 0. The molecule has 8 heteroatoms. The van der Waals surface area contributed by atoms with Crippen molar-refractivity contribution in [2.24, 2.45) is 0 Å². The molecule has 8 nitrogen and oxygen atoms in total. The summed E-state index contributed by atoms with van der Waals surface area (Å²) in [6.07, 6.45) is -0.249. The third kappa shape index (κ3) is 4.04. The smallest absolute Gasteiger partial charge is 0.262 e. The zero-order valence-electron chi connectivity index (χ0n) is 14.8. The van der Waals surface area contributed by atoms with Crippen LogP contribution in [-0.4, -0.2) is 35.1 Å². The van der Waals surface area contributed by atoms with E-state index in [0.29, 0.717) is 22.4 Å². The number of fused-ring (bicyclic) bond motifs is 1. The van der Waals surface area contributed by atoms with E-state index in [1.165, 1.54) is 0 Å². The second-order valence-electron chi connectivity index (χ2n) is 6.10. The second-order valence-corrected chi connectivity index (χ2v) is 6.10. The topological polar surface area (TPSA) is 119 Å². The number of carbonyl (C=O) groups excluding carboxylic acids is 4. The van der Waals surface area contributed by atoms with Crippen molar-refractivity contribution in [3.8, 4) is 6.07 Å². The first-order chi connectivity index (χ1) is 13.5. The number of imide groups is 1. The molecule has 0 atom stereocenters. The lowest BCUT2D eigenvalue weighted by atomic mass is 10.1. The predicted octanol–water partition coefficient (Wildman–Crippen LogP) is 1.45. The summed E-state index contributed by atoms with van der Waals surface area (Å²) in [6, 6.07) is 15.0. The molecule has 2 aromatic carbocycles. The fourth-order valence-corrected chi connectivity index (χ4v) is 2.82. The van der Waals surface area contributed by atoms with Gasteiger partial charge in [0.1, 0.15) is 13.0 Å². The maximum Gasteiger partial charge on any atom is 0.262 e. The van der Waals surface area contributed by atoms with Gasteiger partial charge in [0.15, 0.2) is 0 Å². The van der Waals surface area contributed by atoms with Crippen LogP contribution in [0.1, 0.15) is 32.7 Å². The van der Waals surface area contributed by atoms with Gasteiger partial charge in [-0.1, -0.05) is 24.3 Å². The van der Waals surface area contributed by atoms with Crippen molar-refractivity contribution < 1.29 is 19.2 Å². The number of nitrogens with zero attached hydrogens (tertiary/aromatic N) is 2. The van der Waals surface area contributed by atoms with E-state index in [4.69, 9.17) is 5.26 Å². The third-order valence-electron chi connectivity index (χ3n) is 4.12. The molecule has 1 aliphatic heterocycles. The molecule has 0 radical (unpaired) electrons. The predicted molar refractivity (Wildman–Crippen MR) is 99.0 cm³/mol. The first-order valence-electron chi connectivity index (χ1n) is 8.47. The molecule has 3 rings (SSSR count). The fourth-order valence-electron chi connectivity index (χ4n) is 2.82. The third-order valence-corrected chi connectivity index (χ3v) is 4.12. The van der Waals surface area contributed by atoms with Crippen LogP contribution in [0, 0.1) is 11.3 Å². The van der Waals surface area contributed by atoms with Crippen LogP contribution in [0.4, 0.5) is 5.69 Å². The molecule has 0 fully saturated rings. The van der Waals surface area contributed by atoms with E-state index in [2.05, 4.69) is 10.6 Å². The van der Waals surface area contributed by atoms with E-state index >= 15 is 0 Å². The van der Waals surface area contributed by atoms with Gasteiger partial charge in [-0.2, -0.15) is 5.26 Å². The number of hydrogen-bond donors (Lipinski definition) is 2. The molecule has 0 saturated carbocycles. The van der Waals surface area contributed by atoms with Crippen molar-refractivity contribution in [2.75, 3.05) is 11.9 Å². The molecule has 28 heavy (non-hydrogen) atoms. The SMILES string of the molecule is N#CCC(=O)Nc1cccc(CNC(=O)CN2C(=O)c3ccccc3C2=O)c1. The molecule has 0 unspecified atom stereocenters. The van der Waals surface area contributed by atoms with Gasteiger partial charge in [-0.25, -0.2) is 0 Å². The summed E-state index contributed by atoms with van der Waals surface area (Å²) in [4.78, 5) is 49.1. The minimum atomic E-state index is -0.488. The number of benzene rings is 2. The molecule has 2 aromatic rings. The number of nitriles is 1. The quantitative estimate of drug-likeness (QED) is 0.740. The van der Waals surface area contributed by atoms with Gasteiger partial charge in [0.05, 0.1) is 17.2 Å². The zero-order chi connectivity index (χ0) is 20.1. The Morgan fingerprint density at radius 2 is 1.64 bits per heavy atom. The first-order valence-corrected chi connectivity index (χ1v) is 8.47. The van der Waals surface area contributed by atoms with Crippen molar-refractivity contribution in [1.82, 2.24) is 10.2 Å². The number of carbonyl (C=O) groups is 4. The van der Waals surface area contributed by atoms with Crippen LogP contribution >= 0.6 is 0 Å². The lowest BCUT2D eigenvalue weighted by Crippen LogP contribution is -2.40. The Balaban J connectivity index is 1.57. The standard InChI is InChI=1S/C20H16N4O4/c21-9-8-17(25)23-14-5-3-4-13(10-14)11-22-18(26)12-24-19(27)15-6-1-2-7-16(15)20(24)28/h1-7,10H,8,11-12H2,(H,22,26)(H,23,25). The van der Waals surface area contributed by atoms with Gasteiger partial charge >= 0.3 is 0 Å². The van der Waals surface area contributed by atoms with Gasteiger partial charge in [0.25, 0.3) is 11.8 Å². The van der Waals surface area contributed by atoms with Crippen molar-refractivity contribution in [1.29, 1.82) is 5.26 Å². The minimum Gasteiger partial charge on any atom is -0.350 e. The van der Waals surface area contributed by atoms with Gasteiger partial charge in [-0.15, -0.1) is 0 Å². The van der Waals surface area contributed by atoms with Crippen LogP contribution in [0.3, 0.4) is 0 Å². The molecule has 0 bridgehead atoms. The molecule has 0 aliphatic carbocycles. The average molecular weight is 376 g/mol. The maximum atomic E-state index is 12.3. The van der Waals surface area contributed by atoms with E-state index in [0.717, 1.165) is 4.90 Å². The number of nitrogens with one attached hydrogen (secondary N) is 2. The number of rotatable bonds is 6. The maximum absolute atomic E-state index is 12.3. The highest BCUT2D eigenvalue weighted by atomic mass is 16.2. The average Bonchev–Trinajstić information content (AvgIpc) is 2.92. The molecule has 4 amide bonds. The van der Waals surface area contributed by atoms with Crippen LogP contribution in [0.2, 0.25) is 0 Å². The molecular formula is C20H16N4O4. The molecule has 0 spiro atoms. The molecule has 1 heterocycles. The lowest BCUT2D eigenvalue weighted by Gasteiger charge is -2.14. The highest BCUT2D eigenvalue weighted by molar-refractivity contribution is 6.22. The summed E-state index contributed by atoms with van der Waals surface area (Å²) >= 11 is 0. The summed E-state index contributed by atoms with van der Waals surface area (Å²) in [5.41, 5.74) is 1.81. The van der Waals surface area contributed by atoms with Crippen molar-refractivity contribution in [3.05, 3.63) is 65.2 Å². The van der Waals surface area contributed by atoms with E-state index < -0.39 is 23.6 Å².